The number of benzene rings is 1. The second-order valence-electron chi connectivity index (χ2n) is 7.19. The first kappa shape index (κ1) is 18.4. The highest BCUT2D eigenvalue weighted by Gasteiger charge is 2.29. The third kappa shape index (κ3) is 5.56. The molecule has 2 atom stereocenters. The molecule has 4 heteroatoms. The molecular weight excluding hydrogens is 316 g/mol. The predicted octanol–water partition coefficient (Wildman–Crippen LogP) is 4.34. The van der Waals surface area contributed by atoms with Gasteiger partial charge in [0.25, 0.3) is 0 Å². The normalized spacial score (nSPS) is 25.3. The smallest absolute Gasteiger partial charge is 0.177 e. The first-order chi connectivity index (χ1) is 12.2. The summed E-state index contributed by atoms with van der Waals surface area (Å²) < 4.78 is 22.9. The van der Waals surface area contributed by atoms with Gasteiger partial charge in [0.1, 0.15) is 5.75 Å². The Morgan fingerprint density at radius 3 is 2.32 bits per heavy atom. The van der Waals surface area contributed by atoms with E-state index in [9.17, 15) is 0 Å². The van der Waals surface area contributed by atoms with Crippen LogP contribution in [-0.2, 0) is 20.8 Å². The molecule has 1 saturated heterocycles. The van der Waals surface area contributed by atoms with E-state index in [4.69, 9.17) is 18.9 Å². The summed E-state index contributed by atoms with van der Waals surface area (Å²) in [5.41, 5.74) is 2.28. The molecule has 0 radical (unpaired) electrons. The van der Waals surface area contributed by atoms with Gasteiger partial charge in [-0.2, -0.15) is 0 Å². The monoisotopic (exact) mass is 346 g/mol. The van der Waals surface area contributed by atoms with Crippen molar-refractivity contribution in [3.8, 4) is 5.75 Å². The molecule has 0 spiro atoms. The zero-order valence-corrected chi connectivity index (χ0v) is 15.4. The van der Waals surface area contributed by atoms with E-state index in [1.54, 1.807) is 7.11 Å². The third-order valence-corrected chi connectivity index (χ3v) is 5.19. The number of methoxy groups -OCH3 is 1. The van der Waals surface area contributed by atoms with E-state index >= 15 is 0 Å². The summed E-state index contributed by atoms with van der Waals surface area (Å²) in [6.45, 7) is 4.89. The van der Waals surface area contributed by atoms with Gasteiger partial charge in [0.15, 0.2) is 6.29 Å². The summed E-state index contributed by atoms with van der Waals surface area (Å²) in [4.78, 5) is 0. The van der Waals surface area contributed by atoms with E-state index in [2.05, 4.69) is 13.0 Å². The van der Waals surface area contributed by atoms with Crippen LogP contribution in [0.25, 0.3) is 0 Å². The molecule has 1 aliphatic heterocycles. The zero-order chi connectivity index (χ0) is 17.5. The molecule has 1 saturated carbocycles. The Morgan fingerprint density at radius 1 is 1.08 bits per heavy atom. The van der Waals surface area contributed by atoms with Gasteiger partial charge in [0.05, 0.1) is 33.5 Å². The molecule has 0 unspecified atom stereocenters. The molecule has 1 heterocycles. The highest BCUT2D eigenvalue weighted by molar-refractivity contribution is 5.26. The Hall–Kier alpha value is -1.36. The number of hydrogen-bond donors (Lipinski definition) is 0. The molecule has 2 aliphatic rings. The summed E-state index contributed by atoms with van der Waals surface area (Å²) in [6.07, 6.45) is 7.08. The van der Waals surface area contributed by atoms with Gasteiger partial charge in [-0.25, -0.2) is 0 Å². The average Bonchev–Trinajstić information content (AvgIpc) is 2.85. The lowest BCUT2D eigenvalue weighted by Gasteiger charge is -2.27. The van der Waals surface area contributed by atoms with E-state index in [1.165, 1.54) is 25.7 Å². The van der Waals surface area contributed by atoms with Gasteiger partial charge in [-0.1, -0.05) is 25.0 Å². The number of fused-ring (bicyclic) bond motifs is 1. The highest BCUT2D eigenvalue weighted by atomic mass is 16.7. The van der Waals surface area contributed by atoms with Crippen molar-refractivity contribution < 1.29 is 18.9 Å². The number of rotatable bonds is 6. The van der Waals surface area contributed by atoms with Crippen molar-refractivity contribution >= 4 is 0 Å². The van der Waals surface area contributed by atoms with Crippen LogP contribution >= 0.6 is 0 Å². The standard InChI is InChI=1S/C21H30O4/c1-16(12-23-13-17-7-9-20(22-2)10-8-17)11-21-24-14-18-5-3-4-6-19(18)15-25-21/h7-11,18-19,21H,3-6,12-15H2,1-2H3/b16-11+/t18-,19-/m1/s1. The van der Waals surface area contributed by atoms with E-state index in [-0.39, 0.29) is 6.29 Å². The minimum atomic E-state index is -0.227. The fraction of sp³-hybridized carbons (Fsp3) is 0.619. The molecule has 138 valence electrons. The molecule has 1 aromatic carbocycles. The molecule has 0 aromatic heterocycles. The second-order valence-corrected chi connectivity index (χ2v) is 7.19. The summed E-state index contributed by atoms with van der Waals surface area (Å²) in [5.74, 6) is 2.22. The quantitative estimate of drug-likeness (QED) is 0.718. The maximum atomic E-state index is 5.97. The number of hydrogen-bond acceptors (Lipinski definition) is 4. The van der Waals surface area contributed by atoms with Crippen LogP contribution in [0.3, 0.4) is 0 Å². The lowest BCUT2D eigenvalue weighted by Crippen LogP contribution is -2.24. The molecule has 1 aromatic rings. The van der Waals surface area contributed by atoms with Crippen LogP contribution in [0.1, 0.15) is 38.2 Å². The molecule has 25 heavy (non-hydrogen) atoms. The first-order valence-corrected chi connectivity index (χ1v) is 9.36. The van der Waals surface area contributed by atoms with Gasteiger partial charge in [0, 0.05) is 0 Å². The highest BCUT2D eigenvalue weighted by Crippen LogP contribution is 2.33. The van der Waals surface area contributed by atoms with E-state index in [1.807, 2.05) is 24.3 Å². The predicted molar refractivity (Wildman–Crippen MR) is 97.5 cm³/mol. The lowest BCUT2D eigenvalue weighted by molar-refractivity contribution is -0.0977. The van der Waals surface area contributed by atoms with Crippen molar-refractivity contribution in [2.75, 3.05) is 26.9 Å². The van der Waals surface area contributed by atoms with Crippen LogP contribution in [0.4, 0.5) is 0 Å². The van der Waals surface area contributed by atoms with Crippen molar-refractivity contribution in [2.24, 2.45) is 11.8 Å². The number of ether oxygens (including phenoxy) is 4. The fourth-order valence-corrected chi connectivity index (χ4v) is 3.64. The van der Waals surface area contributed by atoms with Gasteiger partial charge in [-0.05, 0) is 60.9 Å². The van der Waals surface area contributed by atoms with Crippen molar-refractivity contribution in [3.63, 3.8) is 0 Å². The SMILES string of the molecule is COc1ccc(COC/C(C)=C/C2OC[C@H]3CCCC[C@@H]3CO2)cc1. The van der Waals surface area contributed by atoms with Crippen molar-refractivity contribution in [1.82, 2.24) is 0 Å². The molecule has 0 N–H and O–H groups in total. The Kier molecular flexibility index (Phi) is 6.91. The molecule has 1 aliphatic carbocycles. The molecular formula is C21H30O4. The Labute approximate surface area is 151 Å². The molecule has 4 nitrogen and oxygen atoms in total. The summed E-state index contributed by atoms with van der Waals surface area (Å²) in [6, 6.07) is 7.95. The van der Waals surface area contributed by atoms with Crippen molar-refractivity contribution in [1.29, 1.82) is 0 Å². The largest absolute Gasteiger partial charge is 0.497 e. The molecule has 0 amide bonds. The minimum absolute atomic E-state index is 0.227. The van der Waals surface area contributed by atoms with E-state index < -0.39 is 0 Å². The van der Waals surface area contributed by atoms with Gasteiger partial charge in [-0.15, -0.1) is 0 Å². The topological polar surface area (TPSA) is 36.9 Å². The summed E-state index contributed by atoms with van der Waals surface area (Å²) >= 11 is 0. The van der Waals surface area contributed by atoms with Crippen LogP contribution < -0.4 is 4.74 Å². The lowest BCUT2D eigenvalue weighted by atomic mass is 9.80. The Balaban J connectivity index is 1.43. The minimum Gasteiger partial charge on any atom is -0.497 e. The average molecular weight is 346 g/mol. The molecule has 3 rings (SSSR count). The van der Waals surface area contributed by atoms with Gasteiger partial charge >= 0.3 is 0 Å². The Bertz CT molecular complexity index is 536. The second kappa shape index (κ2) is 9.37. The van der Waals surface area contributed by atoms with Crippen LogP contribution in [0.2, 0.25) is 0 Å². The van der Waals surface area contributed by atoms with Gasteiger partial charge in [-0.3, -0.25) is 0 Å². The van der Waals surface area contributed by atoms with Crippen molar-refractivity contribution in [2.45, 2.75) is 45.5 Å². The van der Waals surface area contributed by atoms with Crippen molar-refractivity contribution in [3.05, 3.63) is 41.5 Å². The van der Waals surface area contributed by atoms with Gasteiger partial charge in [0.2, 0.25) is 0 Å². The van der Waals surface area contributed by atoms with Crippen LogP contribution in [0, 0.1) is 11.8 Å². The van der Waals surface area contributed by atoms with Gasteiger partial charge < -0.3 is 18.9 Å². The maximum absolute atomic E-state index is 5.97. The Morgan fingerprint density at radius 2 is 1.72 bits per heavy atom. The fourth-order valence-electron chi connectivity index (χ4n) is 3.64. The first-order valence-electron chi connectivity index (χ1n) is 9.36. The van der Waals surface area contributed by atoms with Crippen LogP contribution in [0.15, 0.2) is 35.9 Å². The molecule has 0 bridgehead atoms. The summed E-state index contributed by atoms with van der Waals surface area (Å²) in [5, 5.41) is 0. The molecule has 2 fully saturated rings. The van der Waals surface area contributed by atoms with Crippen LogP contribution in [0.5, 0.6) is 5.75 Å². The maximum Gasteiger partial charge on any atom is 0.177 e. The third-order valence-electron chi connectivity index (χ3n) is 5.19. The summed E-state index contributed by atoms with van der Waals surface area (Å²) in [7, 11) is 1.67. The van der Waals surface area contributed by atoms with Crippen LogP contribution in [-0.4, -0.2) is 33.2 Å². The van der Waals surface area contributed by atoms with E-state index in [0.717, 1.165) is 30.1 Å². The zero-order valence-electron chi connectivity index (χ0n) is 15.4. The van der Waals surface area contributed by atoms with E-state index in [0.29, 0.717) is 25.0 Å².